The Balaban J connectivity index is 1.32. The number of nitrogens with one attached hydrogen (secondary N) is 2. The van der Waals surface area contributed by atoms with Crippen LogP contribution in [0.25, 0.3) is 11.0 Å². The highest BCUT2D eigenvalue weighted by Crippen LogP contribution is 2.20. The van der Waals surface area contributed by atoms with Gasteiger partial charge in [-0.15, -0.1) is 0 Å². The van der Waals surface area contributed by atoms with Crippen LogP contribution in [0.15, 0.2) is 63.8 Å². The first-order valence-electron chi connectivity index (χ1n) is 8.94. The Hall–Kier alpha value is -3.61. The molecule has 0 aliphatic heterocycles. The topological polar surface area (TPSA) is 97.6 Å². The van der Waals surface area contributed by atoms with E-state index in [1.165, 1.54) is 6.07 Å². The van der Waals surface area contributed by atoms with Gasteiger partial charge >= 0.3 is 5.63 Å². The molecule has 1 aliphatic rings. The molecule has 142 valence electrons. The third-order valence-electron chi connectivity index (χ3n) is 4.31. The van der Waals surface area contributed by atoms with E-state index in [1.54, 1.807) is 48.5 Å². The first-order chi connectivity index (χ1) is 13.6. The summed E-state index contributed by atoms with van der Waals surface area (Å²) < 4.78 is 10.6. The third kappa shape index (κ3) is 4.37. The third-order valence-corrected chi connectivity index (χ3v) is 4.31. The molecule has 1 fully saturated rings. The van der Waals surface area contributed by atoms with E-state index in [2.05, 4.69) is 10.6 Å². The molecule has 7 nitrogen and oxygen atoms in total. The molecule has 1 aliphatic carbocycles. The molecule has 7 heteroatoms. The molecule has 1 heterocycles. The highest BCUT2D eigenvalue weighted by Gasteiger charge is 2.23. The summed E-state index contributed by atoms with van der Waals surface area (Å²) in [6, 6.07) is 15.0. The van der Waals surface area contributed by atoms with Gasteiger partial charge in [0.15, 0.2) is 6.61 Å². The van der Waals surface area contributed by atoms with E-state index in [-0.39, 0.29) is 18.4 Å². The lowest BCUT2D eigenvalue weighted by molar-refractivity contribution is -0.118. The zero-order chi connectivity index (χ0) is 19.5. The molecule has 2 amide bonds. The van der Waals surface area contributed by atoms with E-state index in [1.807, 2.05) is 0 Å². The van der Waals surface area contributed by atoms with Crippen molar-refractivity contribution in [2.45, 2.75) is 18.9 Å². The second-order valence-electron chi connectivity index (χ2n) is 6.62. The van der Waals surface area contributed by atoms with Gasteiger partial charge in [0, 0.05) is 34.8 Å². The maximum absolute atomic E-state index is 12.1. The van der Waals surface area contributed by atoms with E-state index < -0.39 is 5.63 Å². The predicted octanol–water partition coefficient (Wildman–Crippen LogP) is 2.70. The van der Waals surface area contributed by atoms with Crippen LogP contribution in [0.2, 0.25) is 0 Å². The molecule has 0 radical (unpaired) electrons. The maximum atomic E-state index is 12.1. The minimum absolute atomic E-state index is 0.105. The normalized spacial score (nSPS) is 13.1. The summed E-state index contributed by atoms with van der Waals surface area (Å²) in [5.74, 6) is -0.0273. The number of carbonyl (C=O) groups is 2. The lowest BCUT2D eigenvalue weighted by Gasteiger charge is -2.09. The Kier molecular flexibility index (Phi) is 4.80. The molecule has 2 N–H and O–H groups in total. The summed E-state index contributed by atoms with van der Waals surface area (Å²) in [5, 5.41) is 6.39. The number of hydrogen-bond acceptors (Lipinski definition) is 5. The van der Waals surface area contributed by atoms with Gasteiger partial charge in [-0.25, -0.2) is 4.79 Å². The number of ether oxygens (including phenoxy) is 1. The molecule has 0 spiro atoms. The van der Waals surface area contributed by atoms with Gasteiger partial charge in [0.2, 0.25) is 0 Å². The Morgan fingerprint density at radius 1 is 1.04 bits per heavy atom. The average Bonchev–Trinajstić information content (AvgIpc) is 3.50. The number of rotatable bonds is 6. The quantitative estimate of drug-likeness (QED) is 0.643. The van der Waals surface area contributed by atoms with Crippen molar-refractivity contribution < 1.29 is 18.7 Å². The zero-order valence-corrected chi connectivity index (χ0v) is 14.9. The van der Waals surface area contributed by atoms with E-state index in [4.69, 9.17) is 9.15 Å². The van der Waals surface area contributed by atoms with Crippen LogP contribution >= 0.6 is 0 Å². The highest BCUT2D eigenvalue weighted by molar-refractivity contribution is 5.96. The van der Waals surface area contributed by atoms with Crippen LogP contribution in [-0.2, 0) is 4.79 Å². The summed E-state index contributed by atoms with van der Waals surface area (Å²) in [6.45, 7) is -0.202. The molecule has 1 aromatic heterocycles. The lowest BCUT2D eigenvalue weighted by atomic mass is 10.2. The number of anilines is 1. The number of hydrogen-bond donors (Lipinski definition) is 2. The van der Waals surface area contributed by atoms with Crippen LogP contribution < -0.4 is 21.0 Å². The summed E-state index contributed by atoms with van der Waals surface area (Å²) >= 11 is 0. The summed E-state index contributed by atoms with van der Waals surface area (Å²) in [5.41, 5.74) is 1.07. The van der Waals surface area contributed by atoms with Crippen LogP contribution in [0.1, 0.15) is 23.2 Å². The molecule has 1 saturated carbocycles. The van der Waals surface area contributed by atoms with Gasteiger partial charge in [-0.05, 0) is 55.3 Å². The smallest absolute Gasteiger partial charge is 0.336 e. The Morgan fingerprint density at radius 2 is 1.79 bits per heavy atom. The minimum atomic E-state index is -0.448. The van der Waals surface area contributed by atoms with Gasteiger partial charge in [0.1, 0.15) is 11.3 Å². The molecule has 28 heavy (non-hydrogen) atoms. The standard InChI is InChI=1S/C21H18N2O5/c24-19(12-27-17-9-3-13-4-10-20(25)28-18(13)11-17)22-15-5-1-14(2-6-15)21(26)23-16-7-8-16/h1-6,9-11,16H,7-8,12H2,(H,22,24)(H,23,26). The van der Waals surface area contributed by atoms with Crippen LogP contribution in [0.4, 0.5) is 5.69 Å². The molecular formula is C21H18N2O5. The summed E-state index contributed by atoms with van der Waals surface area (Å²) in [4.78, 5) is 35.3. The van der Waals surface area contributed by atoms with Gasteiger partial charge in [-0.1, -0.05) is 0 Å². The molecule has 4 rings (SSSR count). The van der Waals surface area contributed by atoms with Crippen molar-refractivity contribution in [3.05, 3.63) is 70.6 Å². The van der Waals surface area contributed by atoms with Crippen LogP contribution in [-0.4, -0.2) is 24.5 Å². The van der Waals surface area contributed by atoms with Crippen LogP contribution in [0.3, 0.4) is 0 Å². The average molecular weight is 378 g/mol. The number of benzene rings is 2. The molecule has 0 atom stereocenters. The fraction of sp³-hybridized carbons (Fsp3) is 0.190. The van der Waals surface area contributed by atoms with Gasteiger partial charge in [-0.2, -0.15) is 0 Å². The summed E-state index contributed by atoms with van der Waals surface area (Å²) in [7, 11) is 0. The Morgan fingerprint density at radius 3 is 2.54 bits per heavy atom. The molecule has 0 unspecified atom stereocenters. The van der Waals surface area contributed by atoms with Crippen LogP contribution in [0.5, 0.6) is 5.75 Å². The summed E-state index contributed by atoms with van der Waals surface area (Å²) in [6.07, 6.45) is 2.06. The van der Waals surface area contributed by atoms with Crippen LogP contribution in [0, 0.1) is 0 Å². The number of carbonyl (C=O) groups excluding carboxylic acids is 2. The molecule has 2 aromatic carbocycles. The van der Waals surface area contributed by atoms with E-state index in [0.717, 1.165) is 18.2 Å². The Labute approximate surface area is 160 Å². The fourth-order valence-corrected chi connectivity index (χ4v) is 2.68. The van der Waals surface area contributed by atoms with Gasteiger partial charge in [-0.3, -0.25) is 9.59 Å². The second kappa shape index (κ2) is 7.56. The lowest BCUT2D eigenvalue weighted by Crippen LogP contribution is -2.25. The monoisotopic (exact) mass is 378 g/mol. The first-order valence-corrected chi connectivity index (χ1v) is 8.94. The second-order valence-corrected chi connectivity index (χ2v) is 6.62. The van der Waals surface area contributed by atoms with Gasteiger partial charge in [0.05, 0.1) is 0 Å². The van der Waals surface area contributed by atoms with Crippen molar-refractivity contribution in [1.29, 1.82) is 0 Å². The first kappa shape index (κ1) is 17.8. The van der Waals surface area contributed by atoms with Crippen molar-refractivity contribution in [3.8, 4) is 5.75 Å². The van der Waals surface area contributed by atoms with Crippen molar-refractivity contribution in [1.82, 2.24) is 5.32 Å². The van der Waals surface area contributed by atoms with Crippen molar-refractivity contribution in [2.75, 3.05) is 11.9 Å². The fourth-order valence-electron chi connectivity index (χ4n) is 2.68. The highest BCUT2D eigenvalue weighted by atomic mass is 16.5. The largest absolute Gasteiger partial charge is 0.484 e. The zero-order valence-electron chi connectivity index (χ0n) is 14.9. The van der Waals surface area contributed by atoms with Crippen molar-refractivity contribution in [2.24, 2.45) is 0 Å². The van der Waals surface area contributed by atoms with Crippen molar-refractivity contribution in [3.63, 3.8) is 0 Å². The van der Waals surface area contributed by atoms with Gasteiger partial charge in [0.25, 0.3) is 11.8 Å². The maximum Gasteiger partial charge on any atom is 0.336 e. The van der Waals surface area contributed by atoms with Crippen molar-refractivity contribution >= 4 is 28.5 Å². The van der Waals surface area contributed by atoms with E-state index in [9.17, 15) is 14.4 Å². The number of amides is 2. The number of fused-ring (bicyclic) bond motifs is 1. The molecule has 0 saturated heterocycles. The SMILES string of the molecule is O=C(COc1ccc2ccc(=O)oc2c1)Nc1ccc(C(=O)NC2CC2)cc1. The Bertz CT molecular complexity index is 1080. The minimum Gasteiger partial charge on any atom is -0.484 e. The molecule has 0 bridgehead atoms. The molecular weight excluding hydrogens is 360 g/mol. The molecule has 3 aromatic rings. The van der Waals surface area contributed by atoms with Gasteiger partial charge < -0.3 is 19.8 Å². The predicted molar refractivity (Wildman–Crippen MR) is 104 cm³/mol. The van der Waals surface area contributed by atoms with E-state index >= 15 is 0 Å². The van der Waals surface area contributed by atoms with E-state index in [0.29, 0.717) is 28.6 Å².